The number of para-hydroxylation sites is 1. The number of aliphatic hydroxyl groups is 1. The average molecular weight is 467 g/mol. The van der Waals surface area contributed by atoms with Crippen LogP contribution in [0.1, 0.15) is 29.7 Å². The van der Waals surface area contributed by atoms with Gasteiger partial charge in [0.05, 0.1) is 18.2 Å². The molecular weight excluding hydrogens is 440 g/mol. The first-order chi connectivity index (χ1) is 14.5. The van der Waals surface area contributed by atoms with Crippen LogP contribution in [0.4, 0.5) is 0 Å². The summed E-state index contributed by atoms with van der Waals surface area (Å²) in [6.07, 6.45) is 4.87. The van der Waals surface area contributed by atoms with E-state index < -0.39 is 11.0 Å². The Morgan fingerprint density at radius 3 is 2.90 bits per heavy atom. The lowest BCUT2D eigenvalue weighted by atomic mass is 9.53. The Morgan fingerprint density at radius 1 is 1.27 bits per heavy atom. The molecule has 0 amide bonds. The first-order valence-corrected chi connectivity index (χ1v) is 11.3. The largest absolute Gasteiger partial charge is 0.497 e. The number of halogens is 1. The lowest BCUT2D eigenvalue weighted by Crippen LogP contribution is -2.70. The minimum Gasteiger partial charge on any atom is -0.497 e. The molecule has 4 nitrogen and oxygen atoms in total. The highest BCUT2D eigenvalue weighted by Gasteiger charge is 2.60. The Balaban J connectivity index is 1.75. The molecule has 1 aliphatic heterocycles. The van der Waals surface area contributed by atoms with Crippen LogP contribution < -0.4 is 10.1 Å². The Bertz CT molecular complexity index is 1120. The molecule has 5 heteroatoms. The third kappa shape index (κ3) is 2.72. The Morgan fingerprint density at radius 2 is 2.10 bits per heavy atom. The average Bonchev–Trinajstić information content (AvgIpc) is 3.11. The number of methoxy groups -OCH3 is 1. The Kier molecular flexibility index (Phi) is 4.80. The summed E-state index contributed by atoms with van der Waals surface area (Å²) in [5, 5.41) is 17.2. The van der Waals surface area contributed by atoms with Crippen LogP contribution in [0.5, 0.6) is 5.75 Å². The molecule has 5 rings (SSSR count). The van der Waals surface area contributed by atoms with Gasteiger partial charge in [0.25, 0.3) is 0 Å². The van der Waals surface area contributed by atoms with E-state index in [9.17, 15) is 5.11 Å². The fourth-order valence-corrected chi connectivity index (χ4v) is 6.26. The predicted octanol–water partition coefficient (Wildman–Crippen LogP) is 4.64. The summed E-state index contributed by atoms with van der Waals surface area (Å²) in [7, 11) is 1.69. The van der Waals surface area contributed by atoms with Gasteiger partial charge < -0.3 is 20.1 Å². The van der Waals surface area contributed by atoms with Gasteiger partial charge in [0.2, 0.25) is 0 Å². The standard InChI is InChI=1S/C25H27BrN2O2/c1-3-6-22-25(29)14-19-18-9-5-10-20(26)23(18)28-21(19)15-24(25,11-12-27-22)16-7-4-8-17(13-16)30-2/h3-5,7-10,13,22,27-29H,1,6,11-12,14-15H2,2H3. The quantitative estimate of drug-likeness (QED) is 0.490. The summed E-state index contributed by atoms with van der Waals surface area (Å²) in [5.41, 5.74) is 3.37. The lowest BCUT2D eigenvalue weighted by molar-refractivity contribution is -0.0975. The monoisotopic (exact) mass is 466 g/mol. The van der Waals surface area contributed by atoms with Crippen molar-refractivity contribution < 1.29 is 9.84 Å². The van der Waals surface area contributed by atoms with E-state index in [1.807, 2.05) is 18.2 Å². The second kappa shape index (κ2) is 7.26. The summed E-state index contributed by atoms with van der Waals surface area (Å²) in [4.78, 5) is 3.67. The molecule has 2 aromatic carbocycles. The maximum Gasteiger partial charge on any atom is 0.119 e. The van der Waals surface area contributed by atoms with Crippen LogP contribution in [-0.2, 0) is 18.3 Å². The van der Waals surface area contributed by atoms with E-state index >= 15 is 0 Å². The zero-order valence-electron chi connectivity index (χ0n) is 17.2. The zero-order chi connectivity index (χ0) is 20.9. The Hall–Kier alpha value is -2.08. The smallest absolute Gasteiger partial charge is 0.119 e. The maximum absolute atomic E-state index is 12.5. The number of aromatic nitrogens is 1. The zero-order valence-corrected chi connectivity index (χ0v) is 18.8. The van der Waals surface area contributed by atoms with Crippen LogP contribution >= 0.6 is 15.9 Å². The van der Waals surface area contributed by atoms with E-state index in [1.165, 1.54) is 16.6 Å². The van der Waals surface area contributed by atoms with Crippen LogP contribution in [0.2, 0.25) is 0 Å². The van der Waals surface area contributed by atoms with Crippen LogP contribution in [0.25, 0.3) is 10.9 Å². The van der Waals surface area contributed by atoms with Crippen LogP contribution in [-0.4, -0.2) is 35.4 Å². The van der Waals surface area contributed by atoms with E-state index in [2.05, 4.69) is 63.1 Å². The molecular formula is C25H27BrN2O2. The first-order valence-electron chi connectivity index (χ1n) is 10.5. The Labute approximate surface area is 185 Å². The molecule has 3 N–H and O–H groups in total. The van der Waals surface area contributed by atoms with E-state index in [-0.39, 0.29) is 6.04 Å². The van der Waals surface area contributed by atoms with Crippen molar-refractivity contribution in [2.24, 2.45) is 0 Å². The summed E-state index contributed by atoms with van der Waals surface area (Å²) in [6.45, 7) is 4.82. The van der Waals surface area contributed by atoms with E-state index in [4.69, 9.17) is 4.74 Å². The number of aromatic amines is 1. The third-order valence-corrected chi connectivity index (χ3v) is 7.94. The van der Waals surface area contributed by atoms with Gasteiger partial charge in [0.1, 0.15) is 5.75 Å². The van der Waals surface area contributed by atoms with Crippen molar-refractivity contribution in [3.05, 3.63) is 76.4 Å². The molecule has 1 aliphatic carbocycles. The second-order valence-corrected chi connectivity index (χ2v) is 9.47. The molecule has 0 spiro atoms. The topological polar surface area (TPSA) is 57.3 Å². The first kappa shape index (κ1) is 19.9. The van der Waals surface area contributed by atoms with Crippen molar-refractivity contribution in [3.8, 4) is 5.75 Å². The van der Waals surface area contributed by atoms with Crippen LogP contribution in [0.15, 0.2) is 59.6 Å². The molecule has 0 bridgehead atoms. The van der Waals surface area contributed by atoms with Gasteiger partial charge in [-0.3, -0.25) is 0 Å². The minimum atomic E-state index is -0.934. The van der Waals surface area contributed by atoms with Crippen molar-refractivity contribution in [1.82, 2.24) is 10.3 Å². The van der Waals surface area contributed by atoms with Gasteiger partial charge in [-0.25, -0.2) is 0 Å². The van der Waals surface area contributed by atoms with Gasteiger partial charge in [0.15, 0.2) is 0 Å². The highest BCUT2D eigenvalue weighted by atomic mass is 79.9. The lowest BCUT2D eigenvalue weighted by Gasteiger charge is -2.57. The molecule has 3 atom stereocenters. The highest BCUT2D eigenvalue weighted by molar-refractivity contribution is 9.10. The van der Waals surface area contributed by atoms with E-state index in [1.54, 1.807) is 7.11 Å². The van der Waals surface area contributed by atoms with Crippen molar-refractivity contribution in [2.75, 3.05) is 13.7 Å². The van der Waals surface area contributed by atoms with Gasteiger partial charge >= 0.3 is 0 Å². The van der Waals surface area contributed by atoms with Gasteiger partial charge in [-0.1, -0.05) is 30.3 Å². The SMILES string of the molecule is C=CCC1NCCC2(c3cccc(OC)c3)Cc3[nH]c4c(Br)cccc4c3CC12O. The number of H-pyrrole nitrogens is 1. The molecule has 156 valence electrons. The molecule has 1 aromatic heterocycles. The van der Waals surface area contributed by atoms with Crippen molar-refractivity contribution in [2.45, 2.75) is 42.7 Å². The summed E-state index contributed by atoms with van der Waals surface area (Å²) >= 11 is 3.69. The van der Waals surface area contributed by atoms with E-state index in [0.717, 1.165) is 47.1 Å². The van der Waals surface area contributed by atoms with Crippen molar-refractivity contribution in [1.29, 1.82) is 0 Å². The normalized spacial score (nSPS) is 28.0. The second-order valence-electron chi connectivity index (χ2n) is 8.62. The molecule has 30 heavy (non-hydrogen) atoms. The van der Waals surface area contributed by atoms with Crippen LogP contribution in [0.3, 0.4) is 0 Å². The number of piperidine rings is 1. The molecule has 0 radical (unpaired) electrons. The fraction of sp³-hybridized carbons (Fsp3) is 0.360. The number of benzene rings is 2. The summed E-state index contributed by atoms with van der Waals surface area (Å²) in [6, 6.07) is 14.5. The molecule has 1 fully saturated rings. The minimum absolute atomic E-state index is 0.0554. The van der Waals surface area contributed by atoms with Gasteiger partial charge in [0, 0.05) is 39.9 Å². The number of ether oxygens (including phenoxy) is 1. The maximum atomic E-state index is 12.5. The molecule has 3 unspecified atom stereocenters. The molecule has 2 aliphatic rings. The molecule has 1 saturated heterocycles. The number of hydrogen-bond acceptors (Lipinski definition) is 3. The molecule has 2 heterocycles. The third-order valence-electron chi connectivity index (χ3n) is 7.28. The number of fused-ring (bicyclic) bond motifs is 4. The number of hydrogen-bond donors (Lipinski definition) is 3. The molecule has 0 saturated carbocycles. The molecule has 3 aromatic rings. The number of rotatable bonds is 4. The fourth-order valence-electron chi connectivity index (χ4n) is 5.79. The predicted molar refractivity (Wildman–Crippen MR) is 124 cm³/mol. The van der Waals surface area contributed by atoms with Crippen molar-refractivity contribution >= 4 is 26.8 Å². The highest BCUT2D eigenvalue weighted by Crippen LogP contribution is 2.53. The van der Waals surface area contributed by atoms with Gasteiger partial charge in [-0.15, -0.1) is 6.58 Å². The van der Waals surface area contributed by atoms with Crippen LogP contribution in [0, 0.1) is 0 Å². The van der Waals surface area contributed by atoms with Gasteiger partial charge in [-0.2, -0.15) is 0 Å². The summed E-state index contributed by atoms with van der Waals surface area (Å²) < 4.78 is 6.59. The van der Waals surface area contributed by atoms with Crippen molar-refractivity contribution in [3.63, 3.8) is 0 Å². The van der Waals surface area contributed by atoms with E-state index in [0.29, 0.717) is 6.42 Å². The summed E-state index contributed by atoms with van der Waals surface area (Å²) in [5.74, 6) is 0.827. The van der Waals surface area contributed by atoms with Gasteiger partial charge in [-0.05, 0) is 64.6 Å². The number of nitrogens with one attached hydrogen (secondary N) is 2.